The van der Waals surface area contributed by atoms with Crippen LogP contribution in [0.2, 0.25) is 0 Å². The highest BCUT2D eigenvalue weighted by atomic mass is 16.5. The summed E-state index contributed by atoms with van der Waals surface area (Å²) in [5, 5.41) is 6.57. The van der Waals surface area contributed by atoms with E-state index in [1.807, 2.05) is 48.7 Å². The van der Waals surface area contributed by atoms with Crippen molar-refractivity contribution in [3.05, 3.63) is 59.9 Å². The van der Waals surface area contributed by atoms with Crippen LogP contribution in [0.25, 0.3) is 0 Å². The van der Waals surface area contributed by atoms with Gasteiger partial charge in [0, 0.05) is 38.4 Å². The predicted molar refractivity (Wildman–Crippen MR) is 89.1 cm³/mol. The van der Waals surface area contributed by atoms with Crippen LogP contribution in [0.1, 0.15) is 11.3 Å². The zero-order chi connectivity index (χ0) is 15.6. The van der Waals surface area contributed by atoms with Crippen molar-refractivity contribution in [3.8, 4) is 5.75 Å². The van der Waals surface area contributed by atoms with Crippen LogP contribution in [-0.4, -0.2) is 31.6 Å². The molecule has 0 unspecified atom stereocenters. The van der Waals surface area contributed by atoms with Gasteiger partial charge in [0.1, 0.15) is 5.75 Å². The van der Waals surface area contributed by atoms with Gasteiger partial charge in [-0.3, -0.25) is 9.98 Å². The number of aliphatic imine (C=N–C) groups is 1. The molecule has 2 N–H and O–H groups in total. The standard InChI is InChI=1S/C17H22N4O/c1-18-17(20-12-10-15-5-3-4-11-19-15)21-13-14-6-8-16(22-2)9-7-14/h3-9,11H,10,12-13H2,1-2H3,(H2,18,20,21). The first-order chi connectivity index (χ1) is 10.8. The van der Waals surface area contributed by atoms with E-state index in [1.54, 1.807) is 14.2 Å². The minimum absolute atomic E-state index is 0.716. The first kappa shape index (κ1) is 15.8. The molecule has 0 radical (unpaired) electrons. The van der Waals surface area contributed by atoms with E-state index >= 15 is 0 Å². The molecule has 22 heavy (non-hydrogen) atoms. The average molecular weight is 298 g/mol. The van der Waals surface area contributed by atoms with E-state index in [2.05, 4.69) is 20.6 Å². The largest absolute Gasteiger partial charge is 0.497 e. The molecule has 5 heteroatoms. The number of benzene rings is 1. The van der Waals surface area contributed by atoms with E-state index in [4.69, 9.17) is 4.74 Å². The fourth-order valence-corrected chi connectivity index (χ4v) is 2.00. The summed E-state index contributed by atoms with van der Waals surface area (Å²) < 4.78 is 5.15. The van der Waals surface area contributed by atoms with Gasteiger partial charge in [-0.25, -0.2) is 0 Å². The van der Waals surface area contributed by atoms with Gasteiger partial charge in [0.15, 0.2) is 5.96 Å². The lowest BCUT2D eigenvalue weighted by Gasteiger charge is -2.12. The molecule has 0 atom stereocenters. The van der Waals surface area contributed by atoms with E-state index in [1.165, 1.54) is 5.56 Å². The summed E-state index contributed by atoms with van der Waals surface area (Å²) in [4.78, 5) is 8.52. The van der Waals surface area contributed by atoms with Crippen molar-refractivity contribution in [2.45, 2.75) is 13.0 Å². The molecule has 0 fully saturated rings. The SMILES string of the molecule is CN=C(NCCc1ccccn1)NCc1ccc(OC)cc1. The molecule has 0 aliphatic heterocycles. The summed E-state index contributed by atoms with van der Waals surface area (Å²) in [5.41, 5.74) is 2.24. The summed E-state index contributed by atoms with van der Waals surface area (Å²) in [6.07, 6.45) is 2.68. The molecule has 1 heterocycles. The Bertz CT molecular complexity index is 581. The van der Waals surface area contributed by atoms with Crippen LogP contribution in [0.3, 0.4) is 0 Å². The Hall–Kier alpha value is -2.56. The third-order valence-electron chi connectivity index (χ3n) is 3.24. The molecule has 0 aliphatic rings. The molecule has 0 bridgehead atoms. The van der Waals surface area contributed by atoms with Gasteiger partial charge in [-0.2, -0.15) is 0 Å². The summed E-state index contributed by atoms with van der Waals surface area (Å²) in [7, 11) is 3.44. The van der Waals surface area contributed by atoms with E-state index in [-0.39, 0.29) is 0 Å². The Morgan fingerprint density at radius 3 is 2.59 bits per heavy atom. The number of nitrogens with one attached hydrogen (secondary N) is 2. The van der Waals surface area contributed by atoms with E-state index < -0.39 is 0 Å². The molecule has 0 spiro atoms. The fourth-order valence-electron chi connectivity index (χ4n) is 2.00. The van der Waals surface area contributed by atoms with Crippen LogP contribution in [-0.2, 0) is 13.0 Å². The van der Waals surface area contributed by atoms with Gasteiger partial charge >= 0.3 is 0 Å². The van der Waals surface area contributed by atoms with Crippen LogP contribution in [0.15, 0.2) is 53.7 Å². The van der Waals surface area contributed by atoms with Gasteiger partial charge in [-0.1, -0.05) is 18.2 Å². The van der Waals surface area contributed by atoms with Crippen molar-refractivity contribution in [1.82, 2.24) is 15.6 Å². The number of aromatic nitrogens is 1. The molecule has 1 aromatic heterocycles. The Balaban J connectivity index is 1.75. The van der Waals surface area contributed by atoms with Gasteiger partial charge < -0.3 is 15.4 Å². The van der Waals surface area contributed by atoms with Crippen molar-refractivity contribution in [3.63, 3.8) is 0 Å². The van der Waals surface area contributed by atoms with Gasteiger partial charge in [0.05, 0.1) is 7.11 Å². The van der Waals surface area contributed by atoms with Crippen molar-refractivity contribution < 1.29 is 4.74 Å². The Kier molecular flexibility index (Phi) is 6.23. The molecule has 5 nitrogen and oxygen atoms in total. The molecule has 0 aliphatic carbocycles. The number of methoxy groups -OCH3 is 1. The van der Waals surface area contributed by atoms with Crippen LogP contribution < -0.4 is 15.4 Å². The van der Waals surface area contributed by atoms with Crippen LogP contribution >= 0.6 is 0 Å². The summed E-state index contributed by atoms with van der Waals surface area (Å²) >= 11 is 0. The van der Waals surface area contributed by atoms with Crippen LogP contribution in [0.5, 0.6) is 5.75 Å². The van der Waals surface area contributed by atoms with E-state index in [0.717, 1.165) is 30.4 Å². The van der Waals surface area contributed by atoms with Gasteiger partial charge in [0.2, 0.25) is 0 Å². The third kappa shape index (κ3) is 5.09. The summed E-state index contributed by atoms with van der Waals surface area (Å²) in [5.74, 6) is 1.65. The molecule has 0 saturated heterocycles. The molecule has 1 aromatic carbocycles. The first-order valence-corrected chi connectivity index (χ1v) is 7.29. The smallest absolute Gasteiger partial charge is 0.191 e. The highest BCUT2D eigenvalue weighted by Gasteiger charge is 1.99. The summed E-state index contributed by atoms with van der Waals surface area (Å²) in [6, 6.07) is 13.9. The Morgan fingerprint density at radius 1 is 1.14 bits per heavy atom. The summed E-state index contributed by atoms with van der Waals surface area (Å²) in [6.45, 7) is 1.51. The number of hydrogen-bond acceptors (Lipinski definition) is 3. The van der Waals surface area contributed by atoms with Crippen molar-refractivity contribution in [1.29, 1.82) is 0 Å². The maximum absolute atomic E-state index is 5.15. The minimum Gasteiger partial charge on any atom is -0.497 e. The second kappa shape index (κ2) is 8.67. The average Bonchev–Trinajstić information content (AvgIpc) is 2.59. The lowest BCUT2D eigenvalue weighted by molar-refractivity contribution is 0.414. The highest BCUT2D eigenvalue weighted by Crippen LogP contribution is 2.10. The Labute approximate surface area is 131 Å². The predicted octanol–water partition coefficient (Wildman–Crippen LogP) is 2.00. The van der Waals surface area contributed by atoms with Crippen molar-refractivity contribution in [2.24, 2.45) is 4.99 Å². The third-order valence-corrected chi connectivity index (χ3v) is 3.24. The number of hydrogen-bond donors (Lipinski definition) is 2. The zero-order valence-electron chi connectivity index (χ0n) is 13.0. The number of nitrogens with zero attached hydrogens (tertiary/aromatic N) is 2. The highest BCUT2D eigenvalue weighted by molar-refractivity contribution is 5.79. The first-order valence-electron chi connectivity index (χ1n) is 7.29. The van der Waals surface area contributed by atoms with Gasteiger partial charge in [-0.15, -0.1) is 0 Å². The molecule has 116 valence electrons. The van der Waals surface area contributed by atoms with Crippen molar-refractivity contribution >= 4 is 5.96 Å². The zero-order valence-corrected chi connectivity index (χ0v) is 13.0. The molecular formula is C17H22N4O. The van der Waals surface area contributed by atoms with Crippen LogP contribution in [0, 0.1) is 0 Å². The van der Waals surface area contributed by atoms with Gasteiger partial charge in [0.25, 0.3) is 0 Å². The molecule has 0 saturated carbocycles. The fraction of sp³-hybridized carbons (Fsp3) is 0.294. The monoisotopic (exact) mass is 298 g/mol. The Morgan fingerprint density at radius 2 is 1.95 bits per heavy atom. The quantitative estimate of drug-likeness (QED) is 0.632. The van der Waals surface area contributed by atoms with E-state index in [9.17, 15) is 0 Å². The normalized spacial score (nSPS) is 11.1. The van der Waals surface area contributed by atoms with Crippen LogP contribution in [0.4, 0.5) is 0 Å². The lowest BCUT2D eigenvalue weighted by Crippen LogP contribution is -2.37. The molecule has 0 amide bonds. The second-order valence-corrected chi connectivity index (χ2v) is 4.77. The molecule has 2 rings (SSSR count). The number of guanidine groups is 1. The van der Waals surface area contributed by atoms with Crippen molar-refractivity contribution in [2.75, 3.05) is 20.7 Å². The lowest BCUT2D eigenvalue weighted by atomic mass is 10.2. The number of pyridine rings is 1. The maximum atomic E-state index is 5.15. The second-order valence-electron chi connectivity index (χ2n) is 4.77. The number of ether oxygens (including phenoxy) is 1. The topological polar surface area (TPSA) is 58.5 Å². The minimum atomic E-state index is 0.716. The van der Waals surface area contributed by atoms with Gasteiger partial charge in [-0.05, 0) is 29.8 Å². The maximum Gasteiger partial charge on any atom is 0.191 e. The number of rotatable bonds is 6. The van der Waals surface area contributed by atoms with E-state index in [0.29, 0.717) is 6.54 Å². The molecule has 2 aromatic rings. The molecular weight excluding hydrogens is 276 g/mol.